The lowest BCUT2D eigenvalue weighted by Gasteiger charge is -2.21. The zero-order valence-corrected chi connectivity index (χ0v) is 16.9. The van der Waals surface area contributed by atoms with E-state index in [1.165, 1.54) is 19.3 Å². The Morgan fingerprint density at radius 1 is 1.07 bits per heavy atom. The van der Waals surface area contributed by atoms with Gasteiger partial charge in [-0.1, -0.05) is 19.3 Å². The van der Waals surface area contributed by atoms with Gasteiger partial charge in [-0.2, -0.15) is 0 Å². The molecule has 0 radical (unpaired) electrons. The molecule has 0 aromatic heterocycles. The first-order valence-corrected chi connectivity index (χ1v) is 10.8. The normalized spacial score (nSPS) is 21.2. The number of nitrogens with zero attached hydrogens (tertiary/aromatic N) is 1. The number of carbonyl (C=O) groups excluding carboxylic acids is 1. The van der Waals surface area contributed by atoms with Crippen molar-refractivity contribution in [1.82, 2.24) is 16.0 Å². The van der Waals surface area contributed by atoms with Crippen molar-refractivity contribution < 1.29 is 14.3 Å². The molecule has 1 heterocycles. The quantitative estimate of drug-likeness (QED) is 0.288. The third-order valence-corrected chi connectivity index (χ3v) is 5.08. The van der Waals surface area contributed by atoms with Crippen LogP contribution >= 0.6 is 0 Å². The molecule has 27 heavy (non-hydrogen) atoms. The lowest BCUT2D eigenvalue weighted by molar-refractivity contribution is -0.125. The van der Waals surface area contributed by atoms with Crippen LogP contribution in [0.4, 0.5) is 0 Å². The molecule has 0 aromatic carbocycles. The molecule has 7 nitrogen and oxygen atoms in total. The third-order valence-electron chi connectivity index (χ3n) is 5.08. The SMILES string of the molecule is CCNC(=NCCCOCC1CCCO1)NCCNC(=O)C1CCCCC1. The van der Waals surface area contributed by atoms with Crippen molar-refractivity contribution in [3.8, 4) is 0 Å². The monoisotopic (exact) mass is 382 g/mol. The molecular weight excluding hydrogens is 344 g/mol. The summed E-state index contributed by atoms with van der Waals surface area (Å²) in [4.78, 5) is 16.7. The van der Waals surface area contributed by atoms with Gasteiger partial charge in [-0.15, -0.1) is 0 Å². The average molecular weight is 383 g/mol. The van der Waals surface area contributed by atoms with E-state index < -0.39 is 0 Å². The Hall–Kier alpha value is -1.34. The molecule has 2 aliphatic rings. The molecule has 1 saturated carbocycles. The number of amides is 1. The summed E-state index contributed by atoms with van der Waals surface area (Å²) >= 11 is 0. The molecule has 1 unspecified atom stereocenters. The molecule has 1 saturated heterocycles. The van der Waals surface area contributed by atoms with Crippen LogP contribution in [0.5, 0.6) is 0 Å². The zero-order chi connectivity index (χ0) is 19.2. The van der Waals surface area contributed by atoms with Crippen LogP contribution < -0.4 is 16.0 Å². The van der Waals surface area contributed by atoms with Crippen LogP contribution in [-0.2, 0) is 14.3 Å². The van der Waals surface area contributed by atoms with Gasteiger partial charge in [0.25, 0.3) is 0 Å². The van der Waals surface area contributed by atoms with Crippen LogP contribution in [0.15, 0.2) is 4.99 Å². The number of hydrogen-bond acceptors (Lipinski definition) is 4. The predicted molar refractivity (Wildman–Crippen MR) is 108 cm³/mol. The third kappa shape index (κ3) is 9.42. The fraction of sp³-hybridized carbons (Fsp3) is 0.900. The van der Waals surface area contributed by atoms with E-state index in [4.69, 9.17) is 9.47 Å². The molecule has 0 spiro atoms. The summed E-state index contributed by atoms with van der Waals surface area (Å²) in [6.07, 6.45) is 9.17. The molecule has 0 bridgehead atoms. The van der Waals surface area contributed by atoms with Gasteiger partial charge in [0.15, 0.2) is 5.96 Å². The zero-order valence-electron chi connectivity index (χ0n) is 16.9. The molecule has 2 fully saturated rings. The van der Waals surface area contributed by atoms with E-state index in [2.05, 4.69) is 20.9 Å². The topological polar surface area (TPSA) is 84.0 Å². The highest BCUT2D eigenvalue weighted by molar-refractivity contribution is 5.80. The van der Waals surface area contributed by atoms with E-state index in [0.717, 1.165) is 57.8 Å². The first kappa shape index (κ1) is 22.0. The highest BCUT2D eigenvalue weighted by Crippen LogP contribution is 2.23. The van der Waals surface area contributed by atoms with Crippen LogP contribution in [-0.4, -0.2) is 64.0 Å². The Kier molecular flexibility index (Phi) is 11.2. The van der Waals surface area contributed by atoms with Gasteiger partial charge < -0.3 is 25.4 Å². The van der Waals surface area contributed by atoms with Crippen LogP contribution in [0.2, 0.25) is 0 Å². The van der Waals surface area contributed by atoms with Gasteiger partial charge in [0.2, 0.25) is 5.91 Å². The molecule has 1 aliphatic carbocycles. The molecule has 1 amide bonds. The smallest absolute Gasteiger partial charge is 0.223 e. The summed E-state index contributed by atoms with van der Waals surface area (Å²) < 4.78 is 11.2. The van der Waals surface area contributed by atoms with Crippen molar-refractivity contribution in [1.29, 1.82) is 0 Å². The molecule has 2 rings (SSSR count). The second kappa shape index (κ2) is 13.8. The molecule has 7 heteroatoms. The van der Waals surface area contributed by atoms with E-state index in [1.807, 2.05) is 6.92 Å². The number of ether oxygens (including phenoxy) is 2. The van der Waals surface area contributed by atoms with Crippen LogP contribution in [0, 0.1) is 5.92 Å². The molecular formula is C20H38N4O3. The second-order valence-corrected chi connectivity index (χ2v) is 7.38. The maximum absolute atomic E-state index is 12.1. The fourth-order valence-electron chi connectivity index (χ4n) is 3.57. The molecule has 156 valence electrons. The van der Waals surface area contributed by atoms with Gasteiger partial charge in [0.05, 0.1) is 12.7 Å². The Morgan fingerprint density at radius 2 is 1.89 bits per heavy atom. The maximum Gasteiger partial charge on any atom is 0.223 e. The molecule has 3 N–H and O–H groups in total. The van der Waals surface area contributed by atoms with Gasteiger partial charge in [-0.25, -0.2) is 0 Å². The summed E-state index contributed by atoms with van der Waals surface area (Å²) in [6, 6.07) is 0. The summed E-state index contributed by atoms with van der Waals surface area (Å²) in [5, 5.41) is 9.56. The summed E-state index contributed by atoms with van der Waals surface area (Å²) in [6.45, 7) is 7.17. The van der Waals surface area contributed by atoms with Crippen molar-refractivity contribution in [2.75, 3.05) is 46.0 Å². The Bertz CT molecular complexity index is 433. The standard InChI is InChI=1S/C20H38N4O3/c1-2-21-20(23-11-7-14-26-16-18-10-6-15-27-18)24-13-12-22-19(25)17-8-4-3-5-9-17/h17-18H,2-16H2,1H3,(H,22,25)(H2,21,23,24). The van der Waals surface area contributed by atoms with E-state index in [1.54, 1.807) is 0 Å². The summed E-state index contributed by atoms with van der Waals surface area (Å²) in [7, 11) is 0. The Morgan fingerprint density at radius 3 is 2.63 bits per heavy atom. The van der Waals surface area contributed by atoms with E-state index in [9.17, 15) is 4.79 Å². The molecule has 1 atom stereocenters. The first-order chi connectivity index (χ1) is 13.3. The first-order valence-electron chi connectivity index (χ1n) is 10.8. The van der Waals surface area contributed by atoms with E-state index in [-0.39, 0.29) is 17.9 Å². The lowest BCUT2D eigenvalue weighted by atomic mass is 9.89. The number of guanidine groups is 1. The highest BCUT2D eigenvalue weighted by atomic mass is 16.5. The van der Waals surface area contributed by atoms with Gasteiger partial charge in [0, 0.05) is 45.3 Å². The molecule has 1 aliphatic heterocycles. The van der Waals surface area contributed by atoms with E-state index >= 15 is 0 Å². The Balaban J connectivity index is 1.52. The van der Waals surface area contributed by atoms with Crippen molar-refractivity contribution in [3.63, 3.8) is 0 Å². The number of rotatable bonds is 11. The summed E-state index contributed by atoms with van der Waals surface area (Å²) in [5.41, 5.74) is 0. The number of carbonyl (C=O) groups is 1. The Labute approximate surface area is 164 Å². The predicted octanol–water partition coefficient (Wildman–Crippen LogP) is 1.82. The largest absolute Gasteiger partial charge is 0.379 e. The number of nitrogens with one attached hydrogen (secondary N) is 3. The molecule has 0 aromatic rings. The van der Waals surface area contributed by atoms with Gasteiger partial charge in [0.1, 0.15) is 0 Å². The number of hydrogen-bond donors (Lipinski definition) is 3. The minimum Gasteiger partial charge on any atom is -0.379 e. The van der Waals surface area contributed by atoms with Gasteiger partial charge in [-0.3, -0.25) is 9.79 Å². The van der Waals surface area contributed by atoms with Crippen molar-refractivity contribution in [2.24, 2.45) is 10.9 Å². The lowest BCUT2D eigenvalue weighted by Crippen LogP contribution is -2.42. The van der Waals surface area contributed by atoms with Gasteiger partial charge >= 0.3 is 0 Å². The minimum atomic E-state index is 0.210. The summed E-state index contributed by atoms with van der Waals surface area (Å²) in [5.74, 6) is 1.22. The van der Waals surface area contributed by atoms with Crippen molar-refractivity contribution in [3.05, 3.63) is 0 Å². The number of aliphatic imine (C=N–C) groups is 1. The minimum absolute atomic E-state index is 0.210. The van der Waals surface area contributed by atoms with Crippen LogP contribution in [0.3, 0.4) is 0 Å². The van der Waals surface area contributed by atoms with E-state index in [0.29, 0.717) is 26.3 Å². The average Bonchev–Trinajstić information content (AvgIpc) is 3.21. The maximum atomic E-state index is 12.1. The van der Waals surface area contributed by atoms with Gasteiger partial charge in [-0.05, 0) is 39.0 Å². The van der Waals surface area contributed by atoms with Crippen molar-refractivity contribution in [2.45, 2.75) is 64.4 Å². The fourth-order valence-corrected chi connectivity index (χ4v) is 3.57. The van der Waals surface area contributed by atoms with Crippen LogP contribution in [0.1, 0.15) is 58.3 Å². The van der Waals surface area contributed by atoms with Crippen LogP contribution in [0.25, 0.3) is 0 Å². The highest BCUT2D eigenvalue weighted by Gasteiger charge is 2.20. The van der Waals surface area contributed by atoms with Crippen molar-refractivity contribution >= 4 is 11.9 Å². The second-order valence-electron chi connectivity index (χ2n) is 7.38.